The molecule has 0 spiro atoms. The van der Waals surface area contributed by atoms with Gasteiger partial charge in [-0.15, -0.1) is 0 Å². The van der Waals surface area contributed by atoms with Crippen LogP contribution >= 0.6 is 11.6 Å². The van der Waals surface area contributed by atoms with Gasteiger partial charge in [-0.05, 0) is 29.3 Å². The van der Waals surface area contributed by atoms with E-state index in [2.05, 4.69) is 17.1 Å². The number of carbonyl (C=O) groups excluding carboxylic acids is 1. The highest BCUT2D eigenvalue weighted by atomic mass is 35.5. The molecule has 1 amide bonds. The maximum atomic E-state index is 13.2. The summed E-state index contributed by atoms with van der Waals surface area (Å²) in [5.41, 5.74) is 5.45. The van der Waals surface area contributed by atoms with Gasteiger partial charge in [-0.2, -0.15) is 13.2 Å². The van der Waals surface area contributed by atoms with Crippen LogP contribution in [0.3, 0.4) is 0 Å². The number of benzene rings is 2. The van der Waals surface area contributed by atoms with Crippen molar-refractivity contribution in [2.75, 3.05) is 6.54 Å². The first kappa shape index (κ1) is 25.1. The van der Waals surface area contributed by atoms with Crippen molar-refractivity contribution in [1.82, 2.24) is 14.9 Å². The Bertz CT molecular complexity index is 1440. The molecule has 0 atom stereocenters. The molecule has 2 aromatic carbocycles. The van der Waals surface area contributed by atoms with Gasteiger partial charge in [0, 0.05) is 48.5 Å². The number of carbonyl (C=O) groups is 2. The van der Waals surface area contributed by atoms with Crippen LogP contribution in [0.1, 0.15) is 21.6 Å². The van der Waals surface area contributed by atoms with Crippen LogP contribution in [0.15, 0.2) is 73.1 Å². The fourth-order valence-corrected chi connectivity index (χ4v) is 4.14. The van der Waals surface area contributed by atoms with Crippen LogP contribution in [0.5, 0.6) is 0 Å². The van der Waals surface area contributed by atoms with E-state index in [1.807, 2.05) is 53.4 Å². The molecule has 5 rings (SSSR count). The van der Waals surface area contributed by atoms with Crippen LogP contribution in [0.2, 0.25) is 5.02 Å². The van der Waals surface area contributed by atoms with Crippen LogP contribution < -0.4 is 0 Å². The number of para-hydroxylation sites is 1. The Morgan fingerprint density at radius 1 is 1.03 bits per heavy atom. The quantitative estimate of drug-likeness (QED) is 0.374. The summed E-state index contributed by atoms with van der Waals surface area (Å²) < 4.78 is 31.7. The zero-order valence-electron chi connectivity index (χ0n) is 18.7. The van der Waals surface area contributed by atoms with Crippen LogP contribution in [-0.2, 0) is 17.8 Å². The average Bonchev–Trinajstić information content (AvgIpc) is 3.18. The summed E-state index contributed by atoms with van der Waals surface area (Å²) in [6, 6.07) is 20.0. The summed E-state index contributed by atoms with van der Waals surface area (Å²) in [5.74, 6) is -2.71. The summed E-state index contributed by atoms with van der Waals surface area (Å²) in [5, 5.41) is 8.80. The fraction of sp³-hybridized carbons (Fsp3) is 0.154. The number of alkyl halides is 3. The van der Waals surface area contributed by atoms with Crippen LogP contribution in [0, 0.1) is 0 Å². The van der Waals surface area contributed by atoms with Crippen molar-refractivity contribution in [1.29, 1.82) is 0 Å². The lowest BCUT2D eigenvalue weighted by Crippen LogP contribution is -2.26. The number of pyridine rings is 2. The predicted octanol–water partition coefficient (Wildman–Crippen LogP) is 5.78. The zero-order valence-corrected chi connectivity index (χ0v) is 19.4. The predicted molar refractivity (Wildman–Crippen MR) is 129 cm³/mol. The molecule has 184 valence electrons. The minimum absolute atomic E-state index is 0.0456. The summed E-state index contributed by atoms with van der Waals surface area (Å²) >= 11 is 6.34. The van der Waals surface area contributed by atoms with E-state index in [4.69, 9.17) is 26.5 Å². The number of carboxylic acids is 1. The second-order valence-electron chi connectivity index (χ2n) is 7.97. The lowest BCUT2D eigenvalue weighted by atomic mass is 9.97. The summed E-state index contributed by atoms with van der Waals surface area (Å²) in [6.45, 7) is 1.24. The van der Waals surface area contributed by atoms with Gasteiger partial charge in [0.1, 0.15) is 0 Å². The number of amides is 1. The number of rotatable bonds is 4. The molecular weight excluding hydrogens is 495 g/mol. The molecule has 0 bridgehead atoms. The number of nitrogens with zero attached hydrogens (tertiary/aromatic N) is 3. The Morgan fingerprint density at radius 3 is 2.50 bits per heavy atom. The van der Waals surface area contributed by atoms with Crippen molar-refractivity contribution in [3.8, 4) is 11.1 Å². The molecule has 1 aliphatic rings. The molecular formula is C26H19ClF3N3O3. The molecule has 2 aromatic heterocycles. The highest BCUT2D eigenvalue weighted by molar-refractivity contribution is 6.33. The SMILES string of the molecule is O=C(O)C(F)(F)F.O=C1c2c(cccc2-c2ccncc2Cl)CN1CCc1ccc2ccccc2n1. The van der Waals surface area contributed by atoms with E-state index >= 15 is 0 Å². The first-order valence-corrected chi connectivity index (χ1v) is 11.2. The van der Waals surface area contributed by atoms with E-state index in [9.17, 15) is 18.0 Å². The van der Waals surface area contributed by atoms with E-state index in [1.165, 1.54) is 0 Å². The van der Waals surface area contributed by atoms with Gasteiger partial charge in [-0.1, -0.05) is 54.1 Å². The van der Waals surface area contributed by atoms with Gasteiger partial charge in [-0.3, -0.25) is 14.8 Å². The van der Waals surface area contributed by atoms with Crippen molar-refractivity contribution in [2.24, 2.45) is 0 Å². The third-order valence-corrected chi connectivity index (χ3v) is 5.91. The molecule has 0 unspecified atom stereocenters. The van der Waals surface area contributed by atoms with Crippen LogP contribution in [0.4, 0.5) is 13.2 Å². The number of fused-ring (bicyclic) bond motifs is 2. The Morgan fingerprint density at radius 2 is 1.78 bits per heavy atom. The number of aromatic nitrogens is 2. The molecule has 0 saturated heterocycles. The highest BCUT2D eigenvalue weighted by Crippen LogP contribution is 2.35. The monoisotopic (exact) mass is 513 g/mol. The maximum Gasteiger partial charge on any atom is 0.490 e. The van der Waals surface area contributed by atoms with E-state index < -0.39 is 12.1 Å². The number of hydrogen-bond acceptors (Lipinski definition) is 4. The van der Waals surface area contributed by atoms with Crippen molar-refractivity contribution in [2.45, 2.75) is 19.1 Å². The molecule has 0 radical (unpaired) electrons. The fourth-order valence-electron chi connectivity index (χ4n) is 3.92. The Balaban J connectivity index is 0.000000384. The van der Waals surface area contributed by atoms with Crippen molar-refractivity contribution in [3.63, 3.8) is 0 Å². The first-order chi connectivity index (χ1) is 17.1. The van der Waals surface area contributed by atoms with Crippen molar-refractivity contribution in [3.05, 3.63) is 94.9 Å². The van der Waals surface area contributed by atoms with Crippen molar-refractivity contribution >= 4 is 34.4 Å². The highest BCUT2D eigenvalue weighted by Gasteiger charge is 2.38. The van der Waals surface area contributed by atoms with Crippen molar-refractivity contribution < 1.29 is 27.9 Å². The number of carboxylic acid groups (broad SMARTS) is 1. The van der Waals surface area contributed by atoms with E-state index in [0.29, 0.717) is 18.1 Å². The molecule has 4 aromatic rings. The normalized spacial score (nSPS) is 12.8. The van der Waals surface area contributed by atoms with E-state index in [0.717, 1.165) is 45.3 Å². The van der Waals surface area contributed by atoms with Gasteiger partial charge < -0.3 is 10.0 Å². The maximum absolute atomic E-state index is 13.2. The molecule has 0 aliphatic carbocycles. The summed E-state index contributed by atoms with van der Waals surface area (Å²) in [7, 11) is 0. The molecule has 0 saturated carbocycles. The van der Waals surface area contributed by atoms with Gasteiger partial charge in [0.25, 0.3) is 5.91 Å². The summed E-state index contributed by atoms with van der Waals surface area (Å²) in [6.07, 6.45) is -1.06. The molecule has 0 fully saturated rings. The van der Waals surface area contributed by atoms with Gasteiger partial charge >= 0.3 is 12.1 Å². The van der Waals surface area contributed by atoms with Gasteiger partial charge in [0.15, 0.2) is 0 Å². The first-order valence-electron chi connectivity index (χ1n) is 10.8. The standard InChI is InChI=1S/C24H18ClN3O.C2HF3O2/c25-21-14-26-12-10-19(21)20-6-3-5-17-15-28(24(29)23(17)20)13-11-18-9-8-16-4-1-2-7-22(16)27-18;3-2(4,5)1(6)7/h1-10,12,14H,11,13,15H2;(H,6,7). The minimum Gasteiger partial charge on any atom is -0.475 e. The molecule has 1 N–H and O–H groups in total. The molecule has 1 aliphatic heterocycles. The largest absolute Gasteiger partial charge is 0.490 e. The second kappa shape index (κ2) is 10.3. The van der Waals surface area contributed by atoms with Crippen LogP contribution in [-0.4, -0.2) is 44.6 Å². The average molecular weight is 514 g/mol. The van der Waals surface area contributed by atoms with E-state index in [-0.39, 0.29) is 5.91 Å². The summed E-state index contributed by atoms with van der Waals surface area (Å²) in [4.78, 5) is 32.7. The van der Waals surface area contributed by atoms with Gasteiger partial charge in [-0.25, -0.2) is 4.79 Å². The van der Waals surface area contributed by atoms with Gasteiger partial charge in [0.05, 0.1) is 16.1 Å². The molecule has 6 nitrogen and oxygen atoms in total. The minimum atomic E-state index is -5.08. The Hall–Kier alpha value is -3.98. The Labute approximate surface area is 209 Å². The lowest BCUT2D eigenvalue weighted by Gasteiger charge is -2.15. The third-order valence-electron chi connectivity index (χ3n) is 5.61. The number of hydrogen-bond donors (Lipinski definition) is 1. The third kappa shape index (κ3) is 5.46. The molecule has 36 heavy (non-hydrogen) atoms. The Kier molecular flexibility index (Phi) is 7.21. The second-order valence-corrected chi connectivity index (χ2v) is 8.38. The van der Waals surface area contributed by atoms with E-state index in [1.54, 1.807) is 12.4 Å². The number of aliphatic carboxylic acids is 1. The van der Waals surface area contributed by atoms with Crippen LogP contribution in [0.25, 0.3) is 22.0 Å². The molecule has 10 heteroatoms. The lowest BCUT2D eigenvalue weighted by molar-refractivity contribution is -0.192. The zero-order chi connectivity index (χ0) is 25.9. The van der Waals surface area contributed by atoms with Gasteiger partial charge in [0.2, 0.25) is 0 Å². The smallest absolute Gasteiger partial charge is 0.475 e. The number of halogens is 4. The topological polar surface area (TPSA) is 83.4 Å². The molecule has 3 heterocycles.